The van der Waals surface area contributed by atoms with Gasteiger partial charge in [0.25, 0.3) is 12.3 Å². The highest BCUT2D eigenvalue weighted by molar-refractivity contribution is 5.93. The van der Waals surface area contributed by atoms with Crippen LogP contribution in [0.2, 0.25) is 0 Å². The van der Waals surface area contributed by atoms with Crippen LogP contribution in [0, 0.1) is 0 Å². The summed E-state index contributed by atoms with van der Waals surface area (Å²) in [6, 6.07) is 1.94. The van der Waals surface area contributed by atoms with Crippen LogP contribution in [-0.4, -0.2) is 10.9 Å². The van der Waals surface area contributed by atoms with Gasteiger partial charge in [-0.3, -0.25) is 9.59 Å². The van der Waals surface area contributed by atoms with Crippen molar-refractivity contribution in [3.8, 4) is 0 Å². The highest BCUT2D eigenvalue weighted by Gasteiger charge is 2.16. The van der Waals surface area contributed by atoms with Gasteiger partial charge in [0.1, 0.15) is 0 Å². The van der Waals surface area contributed by atoms with E-state index in [4.69, 9.17) is 5.73 Å². The lowest BCUT2D eigenvalue weighted by atomic mass is 10.2. The molecule has 3 N–H and O–H groups in total. The number of carbonyl (C=O) groups excluding carboxylic acids is 1. The van der Waals surface area contributed by atoms with Gasteiger partial charge in [-0.15, -0.1) is 0 Å². The molecule has 0 bridgehead atoms. The second-order valence-electron chi connectivity index (χ2n) is 2.31. The topological polar surface area (TPSA) is 76.0 Å². The minimum Gasteiger partial charge on any atom is -0.366 e. The fourth-order valence-corrected chi connectivity index (χ4v) is 0.877. The van der Waals surface area contributed by atoms with Crippen molar-refractivity contribution in [2.24, 2.45) is 5.73 Å². The summed E-state index contributed by atoms with van der Waals surface area (Å²) in [4.78, 5) is 23.1. The summed E-state index contributed by atoms with van der Waals surface area (Å²) in [7, 11) is 0. The molecule has 1 amide bonds. The lowest BCUT2D eigenvalue weighted by Crippen LogP contribution is -2.19. The second kappa shape index (κ2) is 3.34. The number of nitrogens with one attached hydrogen (secondary N) is 1. The van der Waals surface area contributed by atoms with Crippen LogP contribution in [0.25, 0.3) is 0 Å². The van der Waals surface area contributed by atoms with E-state index >= 15 is 0 Å². The van der Waals surface area contributed by atoms with Crippen molar-refractivity contribution in [1.29, 1.82) is 0 Å². The molecule has 0 atom stereocenters. The van der Waals surface area contributed by atoms with Crippen LogP contribution >= 0.6 is 0 Å². The first kappa shape index (κ1) is 9.37. The molecular formula is C7H6F2N2O2. The third kappa shape index (κ3) is 1.90. The van der Waals surface area contributed by atoms with Gasteiger partial charge >= 0.3 is 0 Å². The number of hydrogen-bond donors (Lipinski definition) is 2. The van der Waals surface area contributed by atoms with Crippen LogP contribution in [-0.2, 0) is 0 Å². The van der Waals surface area contributed by atoms with E-state index in [0.29, 0.717) is 0 Å². The summed E-state index contributed by atoms with van der Waals surface area (Å²) in [6.07, 6.45) is -2.92. The SMILES string of the molecule is NC(=O)c1ccc(=O)[nH]c1C(F)F. The number of H-pyrrole nitrogens is 1. The average Bonchev–Trinajstić information content (AvgIpc) is 2.03. The normalized spacial score (nSPS) is 10.4. The maximum atomic E-state index is 12.2. The molecule has 0 unspecified atom stereocenters. The van der Waals surface area contributed by atoms with E-state index in [1.807, 2.05) is 4.98 Å². The summed E-state index contributed by atoms with van der Waals surface area (Å²) in [5, 5.41) is 0. The molecule has 1 rings (SSSR count). The first-order chi connectivity index (χ1) is 6.02. The predicted octanol–water partition coefficient (Wildman–Crippen LogP) is 0.411. The molecule has 6 heteroatoms. The van der Waals surface area contributed by atoms with Crippen molar-refractivity contribution in [2.75, 3.05) is 0 Å². The Hall–Kier alpha value is -1.72. The van der Waals surface area contributed by atoms with Crippen molar-refractivity contribution in [1.82, 2.24) is 4.98 Å². The van der Waals surface area contributed by atoms with Crippen molar-refractivity contribution in [2.45, 2.75) is 6.43 Å². The second-order valence-corrected chi connectivity index (χ2v) is 2.31. The molecular weight excluding hydrogens is 182 g/mol. The van der Waals surface area contributed by atoms with Gasteiger partial charge < -0.3 is 10.7 Å². The number of aromatic amines is 1. The third-order valence-electron chi connectivity index (χ3n) is 1.43. The highest BCUT2D eigenvalue weighted by Crippen LogP contribution is 2.18. The smallest absolute Gasteiger partial charge is 0.279 e. The van der Waals surface area contributed by atoms with Crippen LogP contribution in [0.4, 0.5) is 8.78 Å². The van der Waals surface area contributed by atoms with E-state index in [1.54, 1.807) is 0 Å². The molecule has 0 saturated carbocycles. The van der Waals surface area contributed by atoms with Gasteiger partial charge in [0.05, 0.1) is 11.3 Å². The molecule has 1 heterocycles. The van der Waals surface area contributed by atoms with Crippen LogP contribution in [0.15, 0.2) is 16.9 Å². The Bertz CT molecular complexity index is 386. The van der Waals surface area contributed by atoms with Gasteiger partial charge in [-0.25, -0.2) is 8.78 Å². The first-order valence-corrected chi connectivity index (χ1v) is 3.33. The number of alkyl halides is 2. The molecule has 0 fully saturated rings. The zero-order valence-corrected chi connectivity index (χ0v) is 6.38. The molecule has 0 aromatic carbocycles. The van der Waals surface area contributed by atoms with Gasteiger partial charge in [-0.1, -0.05) is 0 Å². The molecule has 0 radical (unpaired) electrons. The third-order valence-corrected chi connectivity index (χ3v) is 1.43. The number of amides is 1. The summed E-state index contributed by atoms with van der Waals surface area (Å²) in [5.74, 6) is -0.994. The fraction of sp³-hybridized carbons (Fsp3) is 0.143. The number of nitrogens with two attached hydrogens (primary N) is 1. The number of halogens is 2. The molecule has 0 aliphatic rings. The highest BCUT2D eigenvalue weighted by atomic mass is 19.3. The van der Waals surface area contributed by atoms with Crippen LogP contribution in [0.3, 0.4) is 0 Å². The minimum absolute atomic E-state index is 0.366. The molecule has 1 aromatic rings. The van der Waals surface area contributed by atoms with Crippen molar-refractivity contribution in [3.63, 3.8) is 0 Å². The molecule has 0 spiro atoms. The number of carbonyl (C=O) groups is 1. The van der Waals surface area contributed by atoms with Crippen LogP contribution < -0.4 is 11.3 Å². The molecule has 1 aromatic heterocycles. The zero-order valence-electron chi connectivity index (χ0n) is 6.38. The van der Waals surface area contributed by atoms with Gasteiger partial charge in [0.15, 0.2) is 0 Å². The van der Waals surface area contributed by atoms with Crippen molar-refractivity contribution < 1.29 is 13.6 Å². The first-order valence-electron chi connectivity index (χ1n) is 3.33. The Balaban J connectivity index is 3.35. The van der Waals surface area contributed by atoms with E-state index in [0.717, 1.165) is 12.1 Å². The number of aromatic nitrogens is 1. The number of primary amides is 1. The van der Waals surface area contributed by atoms with Gasteiger partial charge in [0, 0.05) is 6.07 Å². The number of rotatable bonds is 2. The summed E-state index contributed by atoms with van der Waals surface area (Å²) in [5.41, 5.74) is 3.01. The largest absolute Gasteiger partial charge is 0.366 e. The predicted molar refractivity (Wildman–Crippen MR) is 40.5 cm³/mol. The van der Waals surface area contributed by atoms with Crippen LogP contribution in [0.5, 0.6) is 0 Å². The Morgan fingerprint density at radius 2 is 2.08 bits per heavy atom. The number of hydrogen-bond acceptors (Lipinski definition) is 2. The lowest BCUT2D eigenvalue weighted by Gasteiger charge is -2.03. The Morgan fingerprint density at radius 3 is 2.54 bits per heavy atom. The van der Waals surface area contributed by atoms with Crippen molar-refractivity contribution >= 4 is 5.91 Å². The molecule has 4 nitrogen and oxygen atoms in total. The molecule has 0 aliphatic heterocycles. The average molecular weight is 188 g/mol. The fourth-order valence-electron chi connectivity index (χ4n) is 0.877. The monoisotopic (exact) mass is 188 g/mol. The standard InChI is InChI=1S/C7H6F2N2O2/c8-6(9)5-3(7(10)13)1-2-4(12)11-5/h1-2,6H,(H2,10,13)(H,11,12). The molecule has 0 aliphatic carbocycles. The quantitative estimate of drug-likeness (QED) is 0.705. The Morgan fingerprint density at radius 1 is 1.46 bits per heavy atom. The molecule has 13 heavy (non-hydrogen) atoms. The Labute approximate surface area is 71.4 Å². The summed E-state index contributed by atoms with van der Waals surface area (Å²) < 4.78 is 24.4. The van der Waals surface area contributed by atoms with E-state index in [2.05, 4.69) is 0 Å². The van der Waals surface area contributed by atoms with Gasteiger partial charge in [0.2, 0.25) is 5.56 Å². The van der Waals surface area contributed by atoms with Crippen LogP contribution in [0.1, 0.15) is 22.5 Å². The van der Waals surface area contributed by atoms with Gasteiger partial charge in [-0.2, -0.15) is 0 Å². The van der Waals surface area contributed by atoms with E-state index < -0.39 is 23.6 Å². The molecule has 70 valence electrons. The number of pyridine rings is 1. The maximum Gasteiger partial charge on any atom is 0.279 e. The lowest BCUT2D eigenvalue weighted by molar-refractivity contribution is 0.0983. The molecule has 0 saturated heterocycles. The van der Waals surface area contributed by atoms with E-state index in [9.17, 15) is 18.4 Å². The van der Waals surface area contributed by atoms with Gasteiger partial charge in [-0.05, 0) is 6.07 Å². The Kier molecular flexibility index (Phi) is 2.41. The zero-order chi connectivity index (χ0) is 10.0. The maximum absolute atomic E-state index is 12.2. The minimum atomic E-state index is -2.92. The van der Waals surface area contributed by atoms with Crippen molar-refractivity contribution in [3.05, 3.63) is 33.7 Å². The summed E-state index contributed by atoms with van der Waals surface area (Å²) >= 11 is 0. The summed E-state index contributed by atoms with van der Waals surface area (Å²) in [6.45, 7) is 0. The van der Waals surface area contributed by atoms with E-state index in [1.165, 1.54) is 0 Å². The van der Waals surface area contributed by atoms with E-state index in [-0.39, 0.29) is 5.56 Å².